The van der Waals surface area contributed by atoms with Crippen LogP contribution in [0.15, 0.2) is 0 Å². The fourth-order valence-corrected chi connectivity index (χ4v) is 2.71. The normalized spacial score (nSPS) is 12.6. The van der Waals surface area contributed by atoms with E-state index >= 15 is 0 Å². The Kier molecular flexibility index (Phi) is 11.7. The van der Waals surface area contributed by atoms with Crippen LogP contribution in [0.3, 0.4) is 0 Å². The Hall–Kier alpha value is -1.59. The first-order chi connectivity index (χ1) is 13.9. The molecule has 0 aliphatic carbocycles. The van der Waals surface area contributed by atoms with Gasteiger partial charge in [0, 0.05) is 0 Å². The molecule has 0 heterocycles. The molecule has 0 saturated carbocycles. The van der Waals surface area contributed by atoms with E-state index < -0.39 is 22.3 Å². The van der Waals surface area contributed by atoms with Gasteiger partial charge in [-0.2, -0.15) is 0 Å². The van der Waals surface area contributed by atoms with Crippen molar-refractivity contribution in [2.45, 2.75) is 107 Å². The van der Waals surface area contributed by atoms with E-state index in [4.69, 9.17) is 14.2 Å². The second kappa shape index (κ2) is 12.3. The molecule has 0 amide bonds. The van der Waals surface area contributed by atoms with E-state index in [1.54, 1.807) is 0 Å². The van der Waals surface area contributed by atoms with Crippen LogP contribution in [0.5, 0.6) is 0 Å². The fraction of sp³-hybridized carbons (Fsp3) is 0.875. The molecule has 0 rings (SSSR count). The third kappa shape index (κ3) is 7.28. The molecule has 176 valence electrons. The standard InChI is InChI=1S/C24H44O6/c1-10-22(7,11-2)19(25)28-16-18(30-21(27)24(9,14-5)15-6)17-29-20(26)23(8,12-3)13-4/h18H,10-17H2,1-9H3. The van der Waals surface area contributed by atoms with Crippen LogP contribution in [0.2, 0.25) is 0 Å². The molecule has 30 heavy (non-hydrogen) atoms. The minimum absolute atomic E-state index is 0.133. The number of esters is 3. The molecule has 6 nitrogen and oxygen atoms in total. The zero-order chi connectivity index (χ0) is 23.6. The van der Waals surface area contributed by atoms with E-state index in [0.29, 0.717) is 38.5 Å². The summed E-state index contributed by atoms with van der Waals surface area (Å²) in [6.07, 6.45) is 3.02. The van der Waals surface area contributed by atoms with Crippen molar-refractivity contribution in [2.75, 3.05) is 13.2 Å². The van der Waals surface area contributed by atoms with Crippen molar-refractivity contribution in [3.63, 3.8) is 0 Å². The average Bonchev–Trinajstić information content (AvgIpc) is 2.77. The Morgan fingerprint density at radius 1 is 0.567 bits per heavy atom. The summed E-state index contributed by atoms with van der Waals surface area (Å²) in [4.78, 5) is 37.8. The van der Waals surface area contributed by atoms with Gasteiger partial charge in [-0.05, 0) is 59.3 Å². The van der Waals surface area contributed by atoms with Gasteiger partial charge in [0.25, 0.3) is 0 Å². The predicted octanol–water partition coefficient (Wildman–Crippen LogP) is 5.46. The molecular formula is C24H44O6. The lowest BCUT2D eigenvalue weighted by molar-refractivity contribution is -0.179. The zero-order valence-electron chi connectivity index (χ0n) is 20.7. The van der Waals surface area contributed by atoms with Gasteiger partial charge in [0.1, 0.15) is 13.2 Å². The minimum atomic E-state index is -0.834. The lowest BCUT2D eigenvalue weighted by Crippen LogP contribution is -2.39. The lowest BCUT2D eigenvalue weighted by Gasteiger charge is -2.30. The predicted molar refractivity (Wildman–Crippen MR) is 118 cm³/mol. The van der Waals surface area contributed by atoms with E-state index in [2.05, 4.69) is 0 Å². The summed E-state index contributed by atoms with van der Waals surface area (Å²) in [5, 5.41) is 0. The van der Waals surface area contributed by atoms with Gasteiger partial charge in [0.15, 0.2) is 6.10 Å². The molecule has 0 aromatic heterocycles. The molecule has 0 radical (unpaired) electrons. The fourth-order valence-electron chi connectivity index (χ4n) is 2.71. The van der Waals surface area contributed by atoms with Crippen LogP contribution in [-0.2, 0) is 28.6 Å². The van der Waals surface area contributed by atoms with Crippen LogP contribution in [0.4, 0.5) is 0 Å². The van der Waals surface area contributed by atoms with Crippen LogP contribution in [0.25, 0.3) is 0 Å². The van der Waals surface area contributed by atoms with Gasteiger partial charge in [0.2, 0.25) is 0 Å². The van der Waals surface area contributed by atoms with E-state index in [1.807, 2.05) is 62.3 Å². The van der Waals surface area contributed by atoms with Crippen molar-refractivity contribution in [3.8, 4) is 0 Å². The summed E-state index contributed by atoms with van der Waals surface area (Å²) in [7, 11) is 0. The van der Waals surface area contributed by atoms with Crippen molar-refractivity contribution < 1.29 is 28.6 Å². The number of rotatable bonds is 14. The Bertz CT molecular complexity index is 522. The highest BCUT2D eigenvalue weighted by Gasteiger charge is 2.36. The maximum absolute atomic E-state index is 12.7. The molecular weight excluding hydrogens is 384 g/mol. The summed E-state index contributed by atoms with van der Waals surface area (Å²) in [5.74, 6) is -1.03. The summed E-state index contributed by atoms with van der Waals surface area (Å²) in [5.41, 5.74) is -1.81. The van der Waals surface area contributed by atoms with Gasteiger partial charge in [-0.1, -0.05) is 41.5 Å². The average molecular weight is 429 g/mol. The highest BCUT2D eigenvalue weighted by Crippen LogP contribution is 2.30. The van der Waals surface area contributed by atoms with Crippen molar-refractivity contribution in [1.82, 2.24) is 0 Å². The molecule has 0 fully saturated rings. The third-order valence-corrected chi connectivity index (χ3v) is 7.23. The van der Waals surface area contributed by atoms with Crippen molar-refractivity contribution >= 4 is 17.9 Å². The Morgan fingerprint density at radius 2 is 0.833 bits per heavy atom. The van der Waals surface area contributed by atoms with Crippen LogP contribution in [-0.4, -0.2) is 37.2 Å². The van der Waals surface area contributed by atoms with Gasteiger partial charge in [-0.25, -0.2) is 0 Å². The van der Waals surface area contributed by atoms with Gasteiger partial charge >= 0.3 is 17.9 Å². The SMILES string of the molecule is CCC(C)(CC)C(=O)OCC(COC(=O)C(C)(CC)CC)OC(=O)C(C)(CC)CC. The quantitative estimate of drug-likeness (QED) is 0.270. The van der Waals surface area contributed by atoms with Gasteiger partial charge < -0.3 is 14.2 Å². The highest BCUT2D eigenvalue weighted by molar-refractivity contribution is 5.78. The number of carbonyl (C=O) groups excluding carboxylic acids is 3. The van der Waals surface area contributed by atoms with Gasteiger partial charge in [0.05, 0.1) is 16.2 Å². The summed E-state index contributed by atoms with van der Waals surface area (Å²) in [6, 6.07) is 0. The minimum Gasteiger partial charge on any atom is -0.461 e. The molecule has 0 saturated heterocycles. The van der Waals surface area contributed by atoms with Crippen LogP contribution < -0.4 is 0 Å². The van der Waals surface area contributed by atoms with Crippen molar-refractivity contribution in [1.29, 1.82) is 0 Å². The molecule has 0 aliphatic rings. The van der Waals surface area contributed by atoms with Crippen LogP contribution in [0.1, 0.15) is 101 Å². The maximum Gasteiger partial charge on any atom is 0.312 e. The van der Waals surface area contributed by atoms with Gasteiger partial charge in [-0.15, -0.1) is 0 Å². The summed E-state index contributed by atoms with van der Waals surface area (Å²) in [6.45, 7) is 16.9. The summed E-state index contributed by atoms with van der Waals surface area (Å²) < 4.78 is 16.7. The highest BCUT2D eigenvalue weighted by atomic mass is 16.6. The smallest absolute Gasteiger partial charge is 0.312 e. The molecule has 0 aliphatic heterocycles. The van der Waals surface area contributed by atoms with Crippen LogP contribution in [0, 0.1) is 16.2 Å². The van der Waals surface area contributed by atoms with Crippen LogP contribution >= 0.6 is 0 Å². The second-order valence-electron chi connectivity index (χ2n) is 9.03. The molecule has 6 heteroatoms. The topological polar surface area (TPSA) is 78.9 Å². The first-order valence-corrected chi connectivity index (χ1v) is 11.5. The van der Waals surface area contributed by atoms with E-state index in [-0.39, 0.29) is 31.1 Å². The van der Waals surface area contributed by atoms with Gasteiger partial charge in [-0.3, -0.25) is 14.4 Å². The number of hydrogen-bond acceptors (Lipinski definition) is 6. The van der Waals surface area contributed by atoms with Crippen molar-refractivity contribution in [3.05, 3.63) is 0 Å². The number of ether oxygens (including phenoxy) is 3. The summed E-state index contributed by atoms with van der Waals surface area (Å²) >= 11 is 0. The lowest BCUT2D eigenvalue weighted by atomic mass is 9.85. The molecule has 0 aromatic rings. The largest absolute Gasteiger partial charge is 0.461 e. The first kappa shape index (κ1) is 28.4. The van der Waals surface area contributed by atoms with E-state index in [0.717, 1.165) is 0 Å². The molecule has 0 bridgehead atoms. The van der Waals surface area contributed by atoms with E-state index in [1.165, 1.54) is 0 Å². The van der Waals surface area contributed by atoms with Crippen molar-refractivity contribution in [2.24, 2.45) is 16.2 Å². The second-order valence-corrected chi connectivity index (χ2v) is 9.03. The molecule has 0 unspecified atom stereocenters. The Morgan fingerprint density at radius 3 is 1.10 bits per heavy atom. The molecule has 0 spiro atoms. The number of carbonyl (C=O) groups is 3. The molecule has 0 aromatic carbocycles. The monoisotopic (exact) mass is 428 g/mol. The Balaban J connectivity index is 5.34. The maximum atomic E-state index is 12.7. The number of hydrogen-bond donors (Lipinski definition) is 0. The Labute approximate surface area is 183 Å². The van der Waals surface area contributed by atoms with E-state index in [9.17, 15) is 14.4 Å². The molecule has 0 N–H and O–H groups in total. The first-order valence-electron chi connectivity index (χ1n) is 11.5. The third-order valence-electron chi connectivity index (χ3n) is 7.23. The zero-order valence-corrected chi connectivity index (χ0v) is 20.7. The molecule has 0 atom stereocenters.